The van der Waals surface area contributed by atoms with Gasteiger partial charge in [-0.05, 0) is 36.4 Å². The predicted octanol–water partition coefficient (Wildman–Crippen LogP) is 5.28. The number of alkyl halides is 1. The summed E-state index contributed by atoms with van der Waals surface area (Å²) in [4.78, 5) is 9.93. The van der Waals surface area contributed by atoms with Gasteiger partial charge in [0.1, 0.15) is 29.2 Å². The normalized spacial score (nSPS) is 16.2. The average Bonchev–Trinajstić information content (AvgIpc) is 3.55. The van der Waals surface area contributed by atoms with Crippen LogP contribution in [0, 0.1) is 5.41 Å². The highest BCUT2D eigenvalue weighted by Gasteiger charge is 2.16. The molecule has 164 valence electrons. The van der Waals surface area contributed by atoms with Crippen molar-refractivity contribution in [2.75, 3.05) is 13.1 Å². The third kappa shape index (κ3) is 3.58. The molecule has 4 heterocycles. The third-order valence-electron chi connectivity index (χ3n) is 5.78. The molecule has 0 spiro atoms. The van der Waals surface area contributed by atoms with Gasteiger partial charge in [0.05, 0.1) is 22.0 Å². The number of nitrogen functional groups attached to an aromatic ring is 1. The molecule has 1 aliphatic heterocycles. The van der Waals surface area contributed by atoms with Crippen molar-refractivity contribution in [3.05, 3.63) is 71.8 Å². The van der Waals surface area contributed by atoms with Gasteiger partial charge in [-0.15, -0.1) is 11.3 Å². The number of fused-ring (bicyclic) bond motifs is 2. The highest BCUT2D eigenvalue weighted by atomic mass is 32.1. The van der Waals surface area contributed by atoms with E-state index in [0.717, 1.165) is 48.9 Å². The Morgan fingerprint density at radius 3 is 2.73 bits per heavy atom. The lowest BCUT2D eigenvalue weighted by Crippen LogP contribution is -2.37. The molecule has 33 heavy (non-hydrogen) atoms. The molecule has 0 radical (unpaired) electrons. The highest BCUT2D eigenvalue weighted by Crippen LogP contribution is 2.37. The quantitative estimate of drug-likeness (QED) is 0.218. The van der Waals surface area contributed by atoms with Gasteiger partial charge in [0, 0.05) is 34.0 Å². The van der Waals surface area contributed by atoms with Gasteiger partial charge in [-0.2, -0.15) is 0 Å². The lowest BCUT2D eigenvalue weighted by molar-refractivity contribution is 0.332. The van der Waals surface area contributed by atoms with Crippen LogP contribution in [0.3, 0.4) is 0 Å². The second kappa shape index (κ2) is 7.60. The van der Waals surface area contributed by atoms with Gasteiger partial charge in [0.25, 0.3) is 0 Å². The summed E-state index contributed by atoms with van der Waals surface area (Å²) >= 11 is 1.64. The molecule has 5 N–H and O–H groups in total. The van der Waals surface area contributed by atoms with Crippen LogP contribution in [-0.4, -0.2) is 35.9 Å². The summed E-state index contributed by atoms with van der Waals surface area (Å²) in [6.45, 7) is 0.495. The fourth-order valence-electron chi connectivity index (χ4n) is 4.05. The fourth-order valence-corrected chi connectivity index (χ4v) is 4.98. The van der Waals surface area contributed by atoms with E-state index in [4.69, 9.17) is 15.6 Å². The fraction of sp³-hybridized carbons (Fsp3) is 0.120. The SMILES string of the molecule is N=C(N)c1ccc2cc(-c3ccc(-c4cc5ccc(C6=NCC(F)CN6)cc5[nH]4)s3)oc2c1. The molecule has 6 rings (SSSR count). The van der Waals surface area contributed by atoms with Crippen LogP contribution in [0.4, 0.5) is 4.39 Å². The summed E-state index contributed by atoms with van der Waals surface area (Å²) in [6.07, 6.45) is -0.925. The maximum atomic E-state index is 13.4. The molecule has 0 amide bonds. The Labute approximate surface area is 192 Å². The van der Waals surface area contributed by atoms with Crippen molar-refractivity contribution in [1.82, 2.24) is 10.3 Å². The van der Waals surface area contributed by atoms with Gasteiger partial charge in [-0.3, -0.25) is 10.4 Å². The van der Waals surface area contributed by atoms with Crippen LogP contribution in [0.1, 0.15) is 11.1 Å². The maximum absolute atomic E-state index is 13.4. The predicted molar refractivity (Wildman–Crippen MR) is 132 cm³/mol. The standard InChI is InChI=1S/C25H20FN5OS/c26-17-11-29-25(30-12-17)16-4-1-13-7-19(31-18(13)8-16)22-5-6-23(33-22)21-9-14-2-3-15(24(27)28)10-20(14)32-21/h1-10,17,31H,11-12H2,(H3,27,28)(H,29,30). The van der Waals surface area contributed by atoms with E-state index in [1.165, 1.54) is 0 Å². The Balaban J connectivity index is 1.31. The Hall–Kier alpha value is -3.91. The smallest absolute Gasteiger partial charge is 0.145 e. The lowest BCUT2D eigenvalue weighted by Gasteiger charge is -2.17. The Morgan fingerprint density at radius 1 is 1.06 bits per heavy atom. The molecule has 2 aromatic carbocycles. The van der Waals surface area contributed by atoms with E-state index in [1.807, 2.05) is 30.3 Å². The molecule has 1 unspecified atom stereocenters. The monoisotopic (exact) mass is 457 g/mol. The van der Waals surface area contributed by atoms with Crippen LogP contribution in [0.15, 0.2) is 70.1 Å². The van der Waals surface area contributed by atoms with Crippen LogP contribution in [-0.2, 0) is 0 Å². The molecule has 1 atom stereocenters. The van der Waals surface area contributed by atoms with Crippen LogP contribution >= 0.6 is 11.3 Å². The lowest BCUT2D eigenvalue weighted by atomic mass is 10.1. The number of rotatable bonds is 4. The van der Waals surface area contributed by atoms with Crippen molar-refractivity contribution in [3.8, 4) is 21.2 Å². The van der Waals surface area contributed by atoms with Gasteiger partial charge in [0.2, 0.25) is 0 Å². The number of benzene rings is 2. The van der Waals surface area contributed by atoms with Crippen molar-refractivity contribution in [2.24, 2.45) is 10.7 Å². The third-order valence-corrected chi connectivity index (χ3v) is 6.91. The van der Waals surface area contributed by atoms with Gasteiger partial charge >= 0.3 is 0 Å². The maximum Gasteiger partial charge on any atom is 0.145 e. The minimum absolute atomic E-state index is 0.0215. The number of hydrogen-bond acceptors (Lipinski definition) is 5. The molecule has 0 bridgehead atoms. The molecule has 6 nitrogen and oxygen atoms in total. The summed E-state index contributed by atoms with van der Waals surface area (Å²) < 4.78 is 19.4. The number of aliphatic imine (C=N–C) groups is 1. The average molecular weight is 458 g/mol. The van der Waals surface area contributed by atoms with E-state index >= 15 is 0 Å². The first-order valence-corrected chi connectivity index (χ1v) is 11.4. The molecule has 3 aromatic heterocycles. The number of nitrogens with one attached hydrogen (secondary N) is 3. The first-order chi connectivity index (χ1) is 16.0. The molecule has 8 heteroatoms. The second-order valence-corrected chi connectivity index (χ2v) is 9.18. The molecule has 0 aliphatic carbocycles. The van der Waals surface area contributed by atoms with E-state index in [-0.39, 0.29) is 12.4 Å². The molecular formula is C25H20FN5OS. The first-order valence-electron chi connectivity index (χ1n) is 10.6. The van der Waals surface area contributed by atoms with Crippen LogP contribution in [0.5, 0.6) is 0 Å². The van der Waals surface area contributed by atoms with Gasteiger partial charge in [-0.25, -0.2) is 4.39 Å². The van der Waals surface area contributed by atoms with Gasteiger partial charge in [0.15, 0.2) is 0 Å². The zero-order valence-corrected chi connectivity index (χ0v) is 18.3. The number of nitrogens with two attached hydrogens (primary N) is 1. The number of aromatic nitrogens is 1. The van der Waals surface area contributed by atoms with Gasteiger partial charge < -0.3 is 20.5 Å². The number of halogens is 1. The molecular weight excluding hydrogens is 437 g/mol. The molecule has 0 fully saturated rings. The largest absolute Gasteiger partial charge is 0.455 e. The number of thiophene rings is 1. The Kier molecular flexibility index (Phi) is 4.55. The van der Waals surface area contributed by atoms with Crippen molar-refractivity contribution in [2.45, 2.75) is 6.17 Å². The Bertz CT molecular complexity index is 1560. The van der Waals surface area contributed by atoms with E-state index in [9.17, 15) is 4.39 Å². The van der Waals surface area contributed by atoms with E-state index in [2.05, 4.69) is 39.6 Å². The van der Waals surface area contributed by atoms with Crippen molar-refractivity contribution in [1.29, 1.82) is 5.41 Å². The van der Waals surface area contributed by atoms with Crippen LogP contribution in [0.25, 0.3) is 43.1 Å². The zero-order chi connectivity index (χ0) is 22.5. The zero-order valence-electron chi connectivity index (χ0n) is 17.5. The minimum Gasteiger partial charge on any atom is -0.455 e. The Morgan fingerprint density at radius 2 is 1.91 bits per heavy atom. The van der Waals surface area contributed by atoms with Gasteiger partial charge in [-0.1, -0.05) is 24.3 Å². The number of H-pyrrole nitrogens is 1. The highest BCUT2D eigenvalue weighted by molar-refractivity contribution is 7.18. The first kappa shape index (κ1) is 19.8. The van der Waals surface area contributed by atoms with E-state index in [0.29, 0.717) is 17.7 Å². The number of aromatic amines is 1. The number of amidine groups is 2. The number of furan rings is 1. The molecule has 1 aliphatic rings. The molecule has 5 aromatic rings. The summed E-state index contributed by atoms with van der Waals surface area (Å²) in [7, 11) is 0. The topological polar surface area (TPSA) is 103 Å². The van der Waals surface area contributed by atoms with E-state index in [1.54, 1.807) is 17.4 Å². The summed E-state index contributed by atoms with van der Waals surface area (Å²) in [6, 6.07) is 19.9. The molecule has 0 saturated carbocycles. The van der Waals surface area contributed by atoms with Crippen LogP contribution in [0.2, 0.25) is 0 Å². The van der Waals surface area contributed by atoms with Crippen LogP contribution < -0.4 is 11.1 Å². The second-order valence-electron chi connectivity index (χ2n) is 8.09. The minimum atomic E-state index is -0.925. The molecule has 0 saturated heterocycles. The van der Waals surface area contributed by atoms with Crippen molar-refractivity contribution in [3.63, 3.8) is 0 Å². The summed E-state index contributed by atoms with van der Waals surface area (Å²) in [5.41, 5.74) is 9.93. The van der Waals surface area contributed by atoms with Crippen molar-refractivity contribution >= 4 is 44.9 Å². The van der Waals surface area contributed by atoms with Crippen molar-refractivity contribution < 1.29 is 8.81 Å². The summed E-state index contributed by atoms with van der Waals surface area (Å²) in [5, 5.41) is 12.8. The number of hydrogen-bond donors (Lipinski definition) is 4. The van der Waals surface area contributed by atoms with E-state index < -0.39 is 6.17 Å². The number of nitrogens with zero attached hydrogens (tertiary/aromatic N) is 1. The summed E-state index contributed by atoms with van der Waals surface area (Å²) in [5.74, 6) is 1.54.